The molecular formula is C33H46N4O5. The molecule has 2 aromatic rings. The van der Waals surface area contributed by atoms with Gasteiger partial charge in [-0.2, -0.15) is 0 Å². The minimum atomic E-state index is -1.15. The Kier molecular flexibility index (Phi) is 12.8. The van der Waals surface area contributed by atoms with E-state index in [0.29, 0.717) is 17.7 Å². The predicted molar refractivity (Wildman–Crippen MR) is 167 cm³/mol. The van der Waals surface area contributed by atoms with Gasteiger partial charge in [-0.15, -0.1) is 0 Å². The molecule has 2 rings (SSSR count). The van der Waals surface area contributed by atoms with Crippen molar-refractivity contribution in [3.05, 3.63) is 71.3 Å². The highest BCUT2D eigenvalue weighted by Gasteiger charge is 2.36. The van der Waals surface area contributed by atoms with Crippen LogP contribution in [0.15, 0.2) is 49.0 Å². The number of aryl methyl sites for hydroxylation is 2. The van der Waals surface area contributed by atoms with Crippen LogP contribution in [0.2, 0.25) is 0 Å². The van der Waals surface area contributed by atoms with Crippen LogP contribution >= 0.6 is 0 Å². The number of carbonyl (C=O) groups excluding carboxylic acids is 4. The summed E-state index contributed by atoms with van der Waals surface area (Å²) in [5, 5.41) is 5.68. The lowest BCUT2D eigenvalue weighted by Crippen LogP contribution is -2.53. The van der Waals surface area contributed by atoms with Crippen LogP contribution in [0.5, 0.6) is 0 Å². The number of carbonyl (C=O) groups is 4. The number of hydrogen-bond acceptors (Lipinski definition) is 5. The summed E-state index contributed by atoms with van der Waals surface area (Å²) in [5.74, 6) is -1.52. The van der Waals surface area contributed by atoms with Gasteiger partial charge in [0, 0.05) is 18.7 Å². The second-order valence-electron chi connectivity index (χ2n) is 11.5. The molecule has 0 aromatic heterocycles. The first-order valence-corrected chi connectivity index (χ1v) is 14.4. The van der Waals surface area contributed by atoms with Gasteiger partial charge in [-0.3, -0.25) is 14.4 Å². The van der Waals surface area contributed by atoms with Crippen molar-refractivity contribution in [2.45, 2.75) is 91.3 Å². The fourth-order valence-electron chi connectivity index (χ4n) is 4.62. The summed E-state index contributed by atoms with van der Waals surface area (Å²) < 4.78 is 5.40. The third-order valence-corrected chi connectivity index (χ3v) is 6.71. The SMILES string of the molecule is C=Cc1cccc(C(C(=O)Nc2c(C)cccc2C)N(CCCCC)C(=O)C(CCC(N)=O)NC(=O)OC(C)(C)C)c1. The Morgan fingerprint density at radius 3 is 2.26 bits per heavy atom. The molecule has 2 atom stereocenters. The number of nitrogens with one attached hydrogen (secondary N) is 2. The van der Waals surface area contributed by atoms with Crippen molar-refractivity contribution in [3.8, 4) is 0 Å². The Balaban J connectivity index is 2.63. The van der Waals surface area contributed by atoms with Crippen LogP contribution in [0.3, 0.4) is 0 Å². The van der Waals surface area contributed by atoms with Crippen LogP contribution in [0.1, 0.15) is 88.1 Å². The zero-order valence-corrected chi connectivity index (χ0v) is 25.8. The van der Waals surface area contributed by atoms with Gasteiger partial charge in [-0.1, -0.05) is 68.8 Å². The van der Waals surface area contributed by atoms with Crippen LogP contribution in [-0.4, -0.2) is 46.9 Å². The molecule has 0 bridgehead atoms. The second kappa shape index (κ2) is 15.7. The maximum atomic E-state index is 14.3. The molecule has 2 unspecified atom stereocenters. The highest BCUT2D eigenvalue weighted by atomic mass is 16.6. The average Bonchev–Trinajstić information content (AvgIpc) is 2.91. The van der Waals surface area contributed by atoms with Gasteiger partial charge in [-0.25, -0.2) is 4.79 Å². The Hall–Kier alpha value is -4.14. The predicted octanol–water partition coefficient (Wildman–Crippen LogP) is 5.80. The monoisotopic (exact) mass is 578 g/mol. The van der Waals surface area contributed by atoms with Crippen molar-refractivity contribution in [2.24, 2.45) is 5.73 Å². The summed E-state index contributed by atoms with van der Waals surface area (Å²) in [4.78, 5) is 54.4. The number of alkyl carbamates (subject to hydrolysis) is 1. The van der Waals surface area contributed by atoms with Gasteiger partial charge in [-0.05, 0) is 75.8 Å². The molecule has 0 fully saturated rings. The molecule has 0 aliphatic rings. The van der Waals surface area contributed by atoms with E-state index >= 15 is 0 Å². The van der Waals surface area contributed by atoms with Crippen molar-refractivity contribution in [2.75, 3.05) is 11.9 Å². The number of nitrogens with two attached hydrogens (primary N) is 1. The molecule has 0 radical (unpaired) electrons. The number of anilines is 1. The molecule has 4 amide bonds. The molecule has 228 valence electrons. The maximum Gasteiger partial charge on any atom is 0.408 e. The van der Waals surface area contributed by atoms with Crippen molar-refractivity contribution < 1.29 is 23.9 Å². The summed E-state index contributed by atoms with van der Waals surface area (Å²) in [6, 6.07) is 10.8. The van der Waals surface area contributed by atoms with Crippen LogP contribution in [0.25, 0.3) is 6.08 Å². The van der Waals surface area contributed by atoms with Gasteiger partial charge < -0.3 is 26.0 Å². The molecule has 0 aliphatic carbocycles. The Bertz CT molecular complexity index is 1250. The topological polar surface area (TPSA) is 131 Å². The summed E-state index contributed by atoms with van der Waals surface area (Å²) in [6.45, 7) is 15.1. The smallest absolute Gasteiger partial charge is 0.408 e. The minimum Gasteiger partial charge on any atom is -0.444 e. The number of primary amides is 1. The Morgan fingerprint density at radius 2 is 1.69 bits per heavy atom. The van der Waals surface area contributed by atoms with Gasteiger partial charge in [0.2, 0.25) is 11.8 Å². The molecule has 0 saturated heterocycles. The second-order valence-corrected chi connectivity index (χ2v) is 11.5. The molecular weight excluding hydrogens is 532 g/mol. The first-order chi connectivity index (χ1) is 19.8. The van der Waals surface area contributed by atoms with Crippen molar-refractivity contribution in [3.63, 3.8) is 0 Å². The highest BCUT2D eigenvalue weighted by molar-refractivity contribution is 6.00. The molecule has 0 heterocycles. The van der Waals surface area contributed by atoms with Gasteiger partial charge in [0.1, 0.15) is 17.7 Å². The molecule has 2 aromatic carbocycles. The van der Waals surface area contributed by atoms with E-state index in [2.05, 4.69) is 17.2 Å². The molecule has 4 N–H and O–H groups in total. The third-order valence-electron chi connectivity index (χ3n) is 6.71. The number of unbranched alkanes of at least 4 members (excludes halogenated alkanes) is 2. The summed E-state index contributed by atoms with van der Waals surface area (Å²) in [7, 11) is 0. The van der Waals surface area contributed by atoms with Crippen LogP contribution in [0.4, 0.5) is 10.5 Å². The maximum absolute atomic E-state index is 14.3. The number of benzene rings is 2. The van der Waals surface area contributed by atoms with Crippen LogP contribution < -0.4 is 16.4 Å². The molecule has 9 heteroatoms. The minimum absolute atomic E-state index is 0.0460. The van der Waals surface area contributed by atoms with Gasteiger partial charge in [0.15, 0.2) is 0 Å². The van der Waals surface area contributed by atoms with E-state index in [1.807, 2.05) is 57.2 Å². The fraction of sp³-hybridized carbons (Fsp3) is 0.455. The fourth-order valence-corrected chi connectivity index (χ4v) is 4.62. The number of hydrogen-bond donors (Lipinski definition) is 3. The van der Waals surface area contributed by atoms with E-state index in [1.165, 1.54) is 4.90 Å². The zero-order chi connectivity index (χ0) is 31.4. The molecule has 0 saturated carbocycles. The summed E-state index contributed by atoms with van der Waals surface area (Å²) in [6.07, 6.45) is 3.04. The molecule has 0 spiro atoms. The third kappa shape index (κ3) is 10.4. The normalized spacial score (nSPS) is 12.5. The molecule has 42 heavy (non-hydrogen) atoms. The van der Waals surface area contributed by atoms with E-state index in [4.69, 9.17) is 10.5 Å². The van der Waals surface area contributed by atoms with Crippen molar-refractivity contribution >= 4 is 35.6 Å². The van der Waals surface area contributed by atoms with E-state index in [-0.39, 0.29) is 19.4 Å². The van der Waals surface area contributed by atoms with Crippen LogP contribution in [0, 0.1) is 13.8 Å². The number of para-hydroxylation sites is 1. The average molecular weight is 579 g/mol. The van der Waals surface area contributed by atoms with Crippen molar-refractivity contribution in [1.82, 2.24) is 10.2 Å². The van der Waals surface area contributed by atoms with E-state index in [9.17, 15) is 19.2 Å². The first-order valence-electron chi connectivity index (χ1n) is 14.4. The molecule has 9 nitrogen and oxygen atoms in total. The number of amides is 4. The van der Waals surface area contributed by atoms with Gasteiger partial charge in [0.05, 0.1) is 0 Å². The van der Waals surface area contributed by atoms with E-state index in [1.54, 1.807) is 32.9 Å². The van der Waals surface area contributed by atoms with E-state index in [0.717, 1.165) is 29.5 Å². The lowest BCUT2D eigenvalue weighted by Gasteiger charge is -2.35. The largest absolute Gasteiger partial charge is 0.444 e. The van der Waals surface area contributed by atoms with Crippen molar-refractivity contribution in [1.29, 1.82) is 0 Å². The summed E-state index contributed by atoms with van der Waals surface area (Å²) in [5.41, 5.74) is 8.43. The first kappa shape index (κ1) is 34.1. The Morgan fingerprint density at radius 1 is 1.05 bits per heavy atom. The number of ether oxygens (including phenoxy) is 1. The Labute approximate surface area is 249 Å². The highest BCUT2D eigenvalue weighted by Crippen LogP contribution is 2.28. The van der Waals surface area contributed by atoms with E-state index < -0.39 is 41.5 Å². The standard InChI is InChI=1S/C33H46N4O5/c1-8-10-11-20-37(31(40)26(18-19-27(34)38)35-32(41)42-33(5,6)7)29(25-17-13-16-24(9-2)21-25)30(39)36-28-22(3)14-12-15-23(28)4/h9,12-17,21,26,29H,2,8,10-11,18-20H2,1,3-7H3,(H2,34,38)(H,35,41)(H,36,39). The lowest BCUT2D eigenvalue weighted by atomic mass is 9.98. The zero-order valence-electron chi connectivity index (χ0n) is 25.8. The van der Waals surface area contributed by atoms with Crippen LogP contribution in [-0.2, 0) is 19.1 Å². The number of nitrogens with zero attached hydrogens (tertiary/aromatic N) is 1. The van der Waals surface area contributed by atoms with Gasteiger partial charge >= 0.3 is 6.09 Å². The summed E-state index contributed by atoms with van der Waals surface area (Å²) >= 11 is 0. The number of rotatable bonds is 14. The van der Waals surface area contributed by atoms with Gasteiger partial charge in [0.25, 0.3) is 5.91 Å². The lowest BCUT2D eigenvalue weighted by molar-refractivity contribution is -0.141. The quantitative estimate of drug-likeness (QED) is 0.244. The molecule has 0 aliphatic heterocycles.